The summed E-state index contributed by atoms with van der Waals surface area (Å²) >= 11 is 3.18. The van der Waals surface area contributed by atoms with Crippen LogP contribution in [0.1, 0.15) is 16.1 Å². The van der Waals surface area contributed by atoms with Gasteiger partial charge in [0.25, 0.3) is 0 Å². The van der Waals surface area contributed by atoms with Crippen LogP contribution in [0, 0.1) is 6.92 Å². The van der Waals surface area contributed by atoms with Gasteiger partial charge in [-0.25, -0.2) is 4.79 Å². The first-order valence-electron chi connectivity index (χ1n) is 4.25. The average Bonchev–Trinajstić information content (AvgIpc) is 2.49. The molecular formula is C10H8BrNO3. The zero-order valence-corrected chi connectivity index (χ0v) is 9.42. The van der Waals surface area contributed by atoms with Crippen LogP contribution in [-0.2, 0) is 0 Å². The van der Waals surface area contributed by atoms with Crippen molar-refractivity contribution in [3.63, 3.8) is 0 Å². The second kappa shape index (κ2) is 3.27. The number of aryl methyl sites for hydroxylation is 1. The molecule has 0 saturated carbocycles. The molecule has 0 unspecified atom stereocenters. The number of carboxylic acid groups (broad SMARTS) is 1. The molecule has 2 aromatic rings. The van der Waals surface area contributed by atoms with Gasteiger partial charge in [0.05, 0.1) is 10.0 Å². The second-order valence-electron chi connectivity index (χ2n) is 3.25. The van der Waals surface area contributed by atoms with Crippen molar-refractivity contribution in [2.75, 3.05) is 0 Å². The maximum Gasteiger partial charge on any atom is 0.338 e. The molecule has 0 atom stereocenters. The predicted molar refractivity (Wildman–Crippen MR) is 59.4 cm³/mol. The van der Waals surface area contributed by atoms with Crippen LogP contribution in [0.3, 0.4) is 0 Å². The number of hydrogen-bond acceptors (Lipinski definition) is 2. The highest BCUT2D eigenvalue weighted by molar-refractivity contribution is 9.10. The molecule has 0 fully saturated rings. The lowest BCUT2D eigenvalue weighted by Crippen LogP contribution is -1.97. The fraction of sp³-hybridized carbons (Fsp3) is 0.100. The minimum absolute atomic E-state index is 0.0315. The molecule has 2 rings (SSSR count). The summed E-state index contributed by atoms with van der Waals surface area (Å²) < 4.78 is 0.404. The van der Waals surface area contributed by atoms with Gasteiger partial charge in [-0.05, 0) is 35.0 Å². The van der Waals surface area contributed by atoms with Gasteiger partial charge in [-0.1, -0.05) is 0 Å². The molecule has 0 aliphatic heterocycles. The molecule has 1 aromatic heterocycles. The number of aromatic hydroxyl groups is 1. The van der Waals surface area contributed by atoms with Crippen LogP contribution in [0.2, 0.25) is 0 Å². The van der Waals surface area contributed by atoms with Gasteiger partial charge in [-0.3, -0.25) is 0 Å². The van der Waals surface area contributed by atoms with E-state index in [0.717, 1.165) is 0 Å². The van der Waals surface area contributed by atoms with Gasteiger partial charge in [0.2, 0.25) is 0 Å². The number of fused-ring (bicyclic) bond motifs is 1. The predicted octanol–water partition coefficient (Wildman–Crippen LogP) is 2.64. The monoisotopic (exact) mass is 269 g/mol. The number of phenols is 1. The van der Waals surface area contributed by atoms with Crippen molar-refractivity contribution < 1.29 is 15.0 Å². The highest BCUT2D eigenvalue weighted by atomic mass is 79.9. The highest BCUT2D eigenvalue weighted by Crippen LogP contribution is 2.35. The lowest BCUT2D eigenvalue weighted by atomic mass is 10.1. The van der Waals surface area contributed by atoms with Crippen molar-refractivity contribution in [1.82, 2.24) is 4.98 Å². The summed E-state index contributed by atoms with van der Waals surface area (Å²) in [5.41, 5.74) is 1.45. The minimum Gasteiger partial charge on any atom is -0.507 e. The van der Waals surface area contributed by atoms with E-state index in [1.807, 2.05) is 0 Å². The van der Waals surface area contributed by atoms with E-state index in [-0.39, 0.29) is 11.3 Å². The van der Waals surface area contributed by atoms with Gasteiger partial charge in [-0.2, -0.15) is 0 Å². The standard InChI is InChI=1S/C10H8BrNO3/c1-4-7(10(14)15)8-5(12-4)2-3-6(13)9(8)11/h2-3,12-13H,1H3,(H,14,15). The Hall–Kier alpha value is -1.49. The number of nitrogens with one attached hydrogen (secondary N) is 1. The van der Waals surface area contributed by atoms with Crippen molar-refractivity contribution in [2.24, 2.45) is 0 Å². The Morgan fingerprint density at radius 3 is 2.73 bits per heavy atom. The number of phenolic OH excluding ortho intramolecular Hbond substituents is 1. The maximum atomic E-state index is 11.0. The van der Waals surface area contributed by atoms with Crippen LogP contribution in [0.4, 0.5) is 0 Å². The van der Waals surface area contributed by atoms with E-state index in [4.69, 9.17) is 5.11 Å². The molecule has 0 radical (unpaired) electrons. The molecule has 0 aliphatic rings. The fourth-order valence-electron chi connectivity index (χ4n) is 1.63. The van der Waals surface area contributed by atoms with E-state index in [0.29, 0.717) is 21.1 Å². The van der Waals surface area contributed by atoms with Gasteiger partial charge >= 0.3 is 5.97 Å². The molecule has 78 valence electrons. The van der Waals surface area contributed by atoms with Crippen LogP contribution in [0.25, 0.3) is 10.9 Å². The Kier molecular flexibility index (Phi) is 2.19. The summed E-state index contributed by atoms with van der Waals surface area (Å²) in [5.74, 6) is -0.978. The lowest BCUT2D eigenvalue weighted by Gasteiger charge is -1.99. The van der Waals surface area contributed by atoms with E-state index in [9.17, 15) is 9.90 Å². The molecule has 0 saturated heterocycles. The van der Waals surface area contributed by atoms with E-state index >= 15 is 0 Å². The van der Waals surface area contributed by atoms with E-state index in [1.165, 1.54) is 6.07 Å². The summed E-state index contributed by atoms with van der Waals surface area (Å²) in [4.78, 5) is 14.0. The minimum atomic E-state index is -1.01. The molecule has 15 heavy (non-hydrogen) atoms. The Bertz CT molecular complexity index is 559. The Balaban J connectivity index is 2.96. The number of aromatic amines is 1. The van der Waals surface area contributed by atoms with Gasteiger partial charge in [0, 0.05) is 16.6 Å². The Morgan fingerprint density at radius 2 is 2.13 bits per heavy atom. The summed E-state index contributed by atoms with van der Waals surface area (Å²) in [5, 5.41) is 19.0. The molecular weight excluding hydrogens is 262 g/mol. The number of carboxylic acids is 1. The first kappa shape index (κ1) is 10.0. The topological polar surface area (TPSA) is 73.3 Å². The van der Waals surface area contributed by atoms with Crippen molar-refractivity contribution >= 4 is 32.8 Å². The summed E-state index contributed by atoms with van der Waals surface area (Å²) in [6, 6.07) is 3.16. The largest absolute Gasteiger partial charge is 0.507 e. The zero-order chi connectivity index (χ0) is 11.2. The van der Waals surface area contributed by atoms with Crippen molar-refractivity contribution in [2.45, 2.75) is 6.92 Å². The number of carbonyl (C=O) groups is 1. The van der Waals surface area contributed by atoms with Crippen LogP contribution < -0.4 is 0 Å². The third kappa shape index (κ3) is 1.39. The van der Waals surface area contributed by atoms with Crippen molar-refractivity contribution in [3.05, 3.63) is 27.9 Å². The third-order valence-electron chi connectivity index (χ3n) is 2.28. The molecule has 0 aliphatic carbocycles. The van der Waals surface area contributed by atoms with Gasteiger partial charge in [-0.15, -0.1) is 0 Å². The number of aromatic nitrogens is 1. The van der Waals surface area contributed by atoms with Gasteiger partial charge in [0.15, 0.2) is 0 Å². The average molecular weight is 270 g/mol. The van der Waals surface area contributed by atoms with Crippen LogP contribution in [0.5, 0.6) is 5.75 Å². The molecule has 5 heteroatoms. The molecule has 1 aromatic carbocycles. The number of H-pyrrole nitrogens is 1. The van der Waals surface area contributed by atoms with Gasteiger partial charge in [0.1, 0.15) is 5.75 Å². The molecule has 3 N–H and O–H groups in total. The molecule has 0 amide bonds. The number of hydrogen-bond donors (Lipinski definition) is 3. The van der Waals surface area contributed by atoms with Crippen molar-refractivity contribution in [3.8, 4) is 5.75 Å². The number of halogens is 1. The third-order valence-corrected chi connectivity index (χ3v) is 3.09. The van der Waals surface area contributed by atoms with Crippen molar-refractivity contribution in [1.29, 1.82) is 0 Å². The highest BCUT2D eigenvalue weighted by Gasteiger charge is 2.18. The zero-order valence-electron chi connectivity index (χ0n) is 7.84. The van der Waals surface area contributed by atoms with Crippen LogP contribution in [0.15, 0.2) is 16.6 Å². The normalized spacial score (nSPS) is 10.8. The summed E-state index contributed by atoms with van der Waals surface area (Å²) in [6.45, 7) is 1.69. The first-order valence-corrected chi connectivity index (χ1v) is 5.04. The quantitative estimate of drug-likeness (QED) is 0.745. The van der Waals surface area contributed by atoms with E-state index in [1.54, 1.807) is 13.0 Å². The van der Waals surface area contributed by atoms with Crippen LogP contribution in [-0.4, -0.2) is 21.2 Å². The Labute approximate surface area is 93.7 Å². The van der Waals surface area contributed by atoms with E-state index in [2.05, 4.69) is 20.9 Å². The fourth-order valence-corrected chi connectivity index (χ4v) is 2.18. The lowest BCUT2D eigenvalue weighted by molar-refractivity contribution is 0.0698. The smallest absolute Gasteiger partial charge is 0.338 e. The molecule has 0 spiro atoms. The number of aromatic carboxylic acids is 1. The molecule has 0 bridgehead atoms. The van der Waals surface area contributed by atoms with Crippen LogP contribution >= 0.6 is 15.9 Å². The van der Waals surface area contributed by atoms with E-state index < -0.39 is 5.97 Å². The van der Waals surface area contributed by atoms with Gasteiger partial charge < -0.3 is 15.2 Å². The molecule has 1 heterocycles. The maximum absolute atomic E-state index is 11.0. The summed E-state index contributed by atoms with van der Waals surface area (Å²) in [7, 11) is 0. The first-order chi connectivity index (χ1) is 7.02. The number of benzene rings is 1. The molecule has 4 nitrogen and oxygen atoms in total. The number of rotatable bonds is 1. The SMILES string of the molecule is Cc1[nH]c2ccc(O)c(Br)c2c1C(=O)O. The summed E-state index contributed by atoms with van der Waals surface area (Å²) in [6.07, 6.45) is 0. The Morgan fingerprint density at radius 1 is 1.47 bits per heavy atom. The second-order valence-corrected chi connectivity index (χ2v) is 4.04.